The summed E-state index contributed by atoms with van der Waals surface area (Å²) in [5, 5.41) is 13.1. The normalized spacial score (nSPS) is 11.0. The summed E-state index contributed by atoms with van der Waals surface area (Å²) < 4.78 is 2.06. The van der Waals surface area contributed by atoms with Crippen molar-refractivity contribution in [1.29, 1.82) is 0 Å². The molecule has 2 heterocycles. The van der Waals surface area contributed by atoms with Gasteiger partial charge in [-0.1, -0.05) is 53.7 Å². The lowest BCUT2D eigenvalue weighted by molar-refractivity contribution is -0.116. The molecule has 164 valence electrons. The van der Waals surface area contributed by atoms with Gasteiger partial charge in [0.2, 0.25) is 5.91 Å². The maximum Gasteiger partial charge on any atom is 0.225 e. The molecule has 0 spiro atoms. The number of anilines is 1. The molecule has 9 heteroatoms. The van der Waals surface area contributed by atoms with Crippen LogP contribution in [0.4, 0.5) is 5.13 Å². The van der Waals surface area contributed by atoms with E-state index in [-0.39, 0.29) is 5.91 Å². The molecule has 0 unspecified atom stereocenters. The third-order valence-corrected chi connectivity index (χ3v) is 6.93. The number of thiazole rings is 1. The number of amides is 1. The highest BCUT2D eigenvalue weighted by molar-refractivity contribution is 7.98. The van der Waals surface area contributed by atoms with Crippen LogP contribution in [0.5, 0.6) is 0 Å². The Kier molecular flexibility index (Phi) is 7.24. The summed E-state index contributed by atoms with van der Waals surface area (Å²) >= 11 is 9.15. The summed E-state index contributed by atoms with van der Waals surface area (Å²) in [4.78, 5) is 18.1. The van der Waals surface area contributed by atoms with Crippen molar-refractivity contribution in [2.45, 2.75) is 31.2 Å². The predicted molar refractivity (Wildman–Crippen MR) is 131 cm³/mol. The fraction of sp³-hybridized carbons (Fsp3) is 0.217. The summed E-state index contributed by atoms with van der Waals surface area (Å²) in [6.07, 6.45) is 0.669. The molecule has 6 nitrogen and oxygen atoms in total. The molecule has 2 aromatic carbocycles. The van der Waals surface area contributed by atoms with Crippen LogP contribution in [0.25, 0.3) is 5.69 Å². The second-order valence-electron chi connectivity index (χ2n) is 7.05. The first-order valence-corrected chi connectivity index (χ1v) is 12.4. The Morgan fingerprint density at radius 3 is 2.56 bits per heavy atom. The third-order valence-electron chi connectivity index (χ3n) is 4.81. The molecule has 0 fully saturated rings. The van der Waals surface area contributed by atoms with Crippen molar-refractivity contribution in [1.82, 2.24) is 19.7 Å². The fourth-order valence-corrected chi connectivity index (χ4v) is 5.28. The molecule has 0 aliphatic rings. The minimum atomic E-state index is -0.00547. The first kappa shape index (κ1) is 22.5. The number of rotatable bonds is 8. The van der Waals surface area contributed by atoms with E-state index in [0.717, 1.165) is 27.5 Å². The van der Waals surface area contributed by atoms with Crippen LogP contribution < -0.4 is 4.90 Å². The zero-order chi connectivity index (χ0) is 22.5. The minimum absolute atomic E-state index is 0.00547. The van der Waals surface area contributed by atoms with Gasteiger partial charge in [0, 0.05) is 41.7 Å². The highest BCUT2D eigenvalue weighted by Gasteiger charge is 2.17. The van der Waals surface area contributed by atoms with Gasteiger partial charge in [0.25, 0.3) is 0 Å². The monoisotopic (exact) mass is 483 g/mol. The van der Waals surface area contributed by atoms with E-state index in [4.69, 9.17) is 11.6 Å². The largest absolute Gasteiger partial charge is 0.289 e. The SMILES string of the molecule is CCN(C(C)=O)c1nc(CSc2nnc(Cc3ccccc3)n2-c2ccc(Cl)cc2)cs1. The Hall–Kier alpha value is -2.68. The summed E-state index contributed by atoms with van der Waals surface area (Å²) in [5.74, 6) is 1.48. The number of hydrogen-bond donors (Lipinski definition) is 0. The van der Waals surface area contributed by atoms with Gasteiger partial charge in [0.05, 0.1) is 5.69 Å². The van der Waals surface area contributed by atoms with Crippen LogP contribution >= 0.6 is 34.7 Å². The van der Waals surface area contributed by atoms with Gasteiger partial charge in [-0.05, 0) is 36.8 Å². The van der Waals surface area contributed by atoms with Crippen molar-refractivity contribution in [3.8, 4) is 5.69 Å². The average molecular weight is 484 g/mol. The standard InChI is InChI=1S/C23H22ClN5OS2/c1-3-28(16(2)30)22-25-19(14-31-22)15-32-23-27-26-21(13-17-7-5-4-6-8-17)29(23)20-11-9-18(24)10-12-20/h4-12,14H,3,13,15H2,1-2H3. The number of carbonyl (C=O) groups is 1. The van der Waals surface area contributed by atoms with Crippen LogP contribution in [0, 0.1) is 0 Å². The summed E-state index contributed by atoms with van der Waals surface area (Å²) in [6, 6.07) is 17.9. The lowest BCUT2D eigenvalue weighted by Gasteiger charge is -2.14. The molecule has 32 heavy (non-hydrogen) atoms. The van der Waals surface area contributed by atoms with E-state index >= 15 is 0 Å². The summed E-state index contributed by atoms with van der Waals surface area (Å²) in [6.45, 7) is 4.10. The van der Waals surface area contributed by atoms with Crippen LogP contribution in [0.2, 0.25) is 5.02 Å². The molecule has 0 radical (unpaired) electrons. The van der Waals surface area contributed by atoms with Gasteiger partial charge in [0.1, 0.15) is 5.82 Å². The van der Waals surface area contributed by atoms with Crippen LogP contribution in [0.3, 0.4) is 0 Å². The molecule has 0 aliphatic carbocycles. The van der Waals surface area contributed by atoms with Gasteiger partial charge in [-0.3, -0.25) is 14.3 Å². The molecule has 1 amide bonds. The van der Waals surface area contributed by atoms with E-state index in [2.05, 4.69) is 31.9 Å². The number of hydrogen-bond acceptors (Lipinski definition) is 6. The molecular weight excluding hydrogens is 462 g/mol. The van der Waals surface area contributed by atoms with E-state index in [9.17, 15) is 4.79 Å². The van der Waals surface area contributed by atoms with E-state index in [1.54, 1.807) is 23.6 Å². The van der Waals surface area contributed by atoms with Gasteiger partial charge >= 0.3 is 0 Å². The number of nitrogens with zero attached hydrogens (tertiary/aromatic N) is 5. The lowest BCUT2D eigenvalue weighted by Crippen LogP contribution is -2.27. The minimum Gasteiger partial charge on any atom is -0.289 e. The van der Waals surface area contributed by atoms with Crippen molar-refractivity contribution in [2.75, 3.05) is 11.4 Å². The highest BCUT2D eigenvalue weighted by atomic mass is 35.5. The molecular formula is C23H22ClN5OS2. The zero-order valence-electron chi connectivity index (χ0n) is 17.7. The molecule has 4 rings (SSSR count). The number of benzene rings is 2. The van der Waals surface area contributed by atoms with Crippen molar-refractivity contribution in [3.63, 3.8) is 0 Å². The zero-order valence-corrected chi connectivity index (χ0v) is 20.1. The van der Waals surface area contributed by atoms with Crippen LogP contribution in [0.1, 0.15) is 30.9 Å². The second kappa shape index (κ2) is 10.3. The first-order chi connectivity index (χ1) is 15.5. The maximum atomic E-state index is 11.8. The van der Waals surface area contributed by atoms with Crippen LogP contribution in [-0.4, -0.2) is 32.2 Å². The predicted octanol–water partition coefficient (Wildman–Crippen LogP) is 5.63. The second-order valence-corrected chi connectivity index (χ2v) is 9.26. The Bertz CT molecular complexity index is 1190. The van der Waals surface area contributed by atoms with Gasteiger partial charge in [0.15, 0.2) is 10.3 Å². The molecule has 0 aliphatic heterocycles. The Morgan fingerprint density at radius 2 is 1.88 bits per heavy atom. The summed E-state index contributed by atoms with van der Waals surface area (Å²) in [5.41, 5.74) is 3.03. The number of carbonyl (C=O) groups excluding carboxylic acids is 1. The van der Waals surface area contributed by atoms with E-state index in [1.807, 2.05) is 54.8 Å². The Morgan fingerprint density at radius 1 is 1.12 bits per heavy atom. The van der Waals surface area contributed by atoms with Gasteiger partial charge < -0.3 is 0 Å². The molecule has 0 atom stereocenters. The van der Waals surface area contributed by atoms with Crippen LogP contribution in [0.15, 0.2) is 65.1 Å². The lowest BCUT2D eigenvalue weighted by atomic mass is 10.1. The molecule has 0 saturated heterocycles. The summed E-state index contributed by atoms with van der Waals surface area (Å²) in [7, 11) is 0. The van der Waals surface area contributed by atoms with Crippen LogP contribution in [-0.2, 0) is 17.0 Å². The quantitative estimate of drug-likeness (QED) is 0.304. The third kappa shape index (κ3) is 5.20. The smallest absolute Gasteiger partial charge is 0.225 e. The number of halogens is 1. The first-order valence-electron chi connectivity index (χ1n) is 10.1. The van der Waals surface area contributed by atoms with Gasteiger partial charge in [-0.2, -0.15) is 0 Å². The van der Waals surface area contributed by atoms with Gasteiger partial charge in [-0.15, -0.1) is 21.5 Å². The number of thioether (sulfide) groups is 1. The maximum absolute atomic E-state index is 11.8. The van der Waals surface area contributed by atoms with Gasteiger partial charge in [-0.25, -0.2) is 4.98 Å². The molecule has 0 N–H and O–H groups in total. The molecule has 0 saturated carbocycles. The van der Waals surface area contributed by atoms with Crippen molar-refractivity contribution in [3.05, 3.63) is 82.1 Å². The van der Waals surface area contributed by atoms with Crippen molar-refractivity contribution in [2.24, 2.45) is 0 Å². The molecule has 0 bridgehead atoms. The average Bonchev–Trinajstić information content (AvgIpc) is 3.41. The van der Waals surface area contributed by atoms with E-state index < -0.39 is 0 Å². The molecule has 2 aromatic heterocycles. The Balaban J connectivity index is 1.59. The fourth-order valence-electron chi connectivity index (χ4n) is 3.25. The van der Waals surface area contributed by atoms with E-state index in [1.165, 1.54) is 16.9 Å². The highest BCUT2D eigenvalue weighted by Crippen LogP contribution is 2.29. The van der Waals surface area contributed by atoms with Crippen molar-refractivity contribution < 1.29 is 4.79 Å². The van der Waals surface area contributed by atoms with E-state index in [0.29, 0.717) is 23.7 Å². The molecule has 4 aromatic rings. The number of aromatic nitrogens is 4. The van der Waals surface area contributed by atoms with Crippen molar-refractivity contribution >= 4 is 45.7 Å². The Labute approximate surface area is 200 Å². The topological polar surface area (TPSA) is 63.9 Å².